The molecule has 1 saturated carbocycles. The van der Waals surface area contributed by atoms with Crippen LogP contribution >= 0.6 is 22.6 Å². The highest BCUT2D eigenvalue weighted by Gasteiger charge is 2.24. The molecule has 3 atom stereocenters. The first-order valence-corrected chi connectivity index (χ1v) is 7.25. The first-order chi connectivity index (χ1) is 7.65. The van der Waals surface area contributed by atoms with E-state index in [9.17, 15) is 0 Å². The minimum absolute atomic E-state index is 0.661. The van der Waals surface area contributed by atoms with Crippen LogP contribution in [-0.4, -0.2) is 6.04 Å². The Morgan fingerprint density at radius 2 is 2.06 bits per heavy atom. The van der Waals surface area contributed by atoms with Gasteiger partial charge in [0.2, 0.25) is 0 Å². The van der Waals surface area contributed by atoms with E-state index >= 15 is 0 Å². The minimum Gasteiger partial charge on any atom is -0.382 e. The average Bonchev–Trinajstić information content (AvgIpc) is 2.22. The molecule has 0 aromatic heterocycles. The Labute approximate surface area is 112 Å². The van der Waals surface area contributed by atoms with E-state index in [2.05, 4.69) is 66.0 Å². The van der Waals surface area contributed by atoms with E-state index in [1.165, 1.54) is 28.5 Å². The summed E-state index contributed by atoms with van der Waals surface area (Å²) in [5.41, 5.74) is 1.28. The van der Waals surface area contributed by atoms with Gasteiger partial charge in [-0.2, -0.15) is 0 Å². The van der Waals surface area contributed by atoms with Gasteiger partial charge in [0.05, 0.1) is 0 Å². The van der Waals surface area contributed by atoms with Crippen molar-refractivity contribution in [1.82, 2.24) is 0 Å². The molecule has 0 amide bonds. The topological polar surface area (TPSA) is 12.0 Å². The van der Waals surface area contributed by atoms with Crippen molar-refractivity contribution in [3.63, 3.8) is 0 Å². The van der Waals surface area contributed by atoms with Crippen LogP contribution in [0.1, 0.15) is 33.1 Å². The molecule has 0 saturated heterocycles. The standard InChI is InChI=1S/C14H20IN/c1-10-6-7-14(11(2)8-10)16-13-5-3-4-12(15)9-13/h3-5,9-11,14,16H,6-8H2,1-2H3. The van der Waals surface area contributed by atoms with Gasteiger partial charge in [0.25, 0.3) is 0 Å². The molecule has 1 aliphatic carbocycles. The van der Waals surface area contributed by atoms with E-state index in [-0.39, 0.29) is 0 Å². The zero-order chi connectivity index (χ0) is 11.5. The van der Waals surface area contributed by atoms with E-state index in [1.807, 2.05) is 0 Å². The van der Waals surface area contributed by atoms with Gasteiger partial charge < -0.3 is 5.32 Å². The van der Waals surface area contributed by atoms with Crippen LogP contribution in [0.3, 0.4) is 0 Å². The monoisotopic (exact) mass is 329 g/mol. The molecule has 1 aromatic rings. The largest absolute Gasteiger partial charge is 0.382 e. The van der Waals surface area contributed by atoms with Gasteiger partial charge in [-0.3, -0.25) is 0 Å². The van der Waals surface area contributed by atoms with E-state index in [1.54, 1.807) is 0 Å². The van der Waals surface area contributed by atoms with Gasteiger partial charge in [0, 0.05) is 15.3 Å². The van der Waals surface area contributed by atoms with Crippen LogP contribution in [0.5, 0.6) is 0 Å². The summed E-state index contributed by atoms with van der Waals surface area (Å²) in [6.07, 6.45) is 4.04. The van der Waals surface area contributed by atoms with Crippen LogP contribution in [-0.2, 0) is 0 Å². The molecular formula is C14H20IN. The Balaban J connectivity index is 1.99. The number of nitrogens with one attached hydrogen (secondary N) is 1. The molecule has 88 valence electrons. The van der Waals surface area contributed by atoms with E-state index < -0.39 is 0 Å². The number of benzene rings is 1. The average molecular weight is 329 g/mol. The third-order valence-electron chi connectivity index (χ3n) is 3.61. The van der Waals surface area contributed by atoms with E-state index in [4.69, 9.17) is 0 Å². The number of hydrogen-bond donors (Lipinski definition) is 1. The van der Waals surface area contributed by atoms with Gasteiger partial charge in [-0.1, -0.05) is 19.9 Å². The highest BCUT2D eigenvalue weighted by molar-refractivity contribution is 14.1. The molecule has 1 nitrogen and oxygen atoms in total. The summed E-state index contributed by atoms with van der Waals surface area (Å²) in [6, 6.07) is 9.32. The Bertz CT molecular complexity index is 350. The molecule has 3 unspecified atom stereocenters. The first-order valence-electron chi connectivity index (χ1n) is 6.17. The van der Waals surface area contributed by atoms with Crippen LogP contribution in [0.25, 0.3) is 0 Å². The maximum Gasteiger partial charge on any atom is 0.0353 e. The molecule has 2 rings (SSSR count). The minimum atomic E-state index is 0.661. The van der Waals surface area contributed by atoms with Crippen molar-refractivity contribution in [2.75, 3.05) is 5.32 Å². The first kappa shape index (κ1) is 12.2. The SMILES string of the molecule is CC1CCC(Nc2cccc(I)c2)C(C)C1. The molecule has 16 heavy (non-hydrogen) atoms. The lowest BCUT2D eigenvalue weighted by molar-refractivity contribution is 0.276. The molecular weight excluding hydrogens is 309 g/mol. The van der Waals surface area contributed by atoms with Gasteiger partial charge in [-0.05, 0) is 71.9 Å². The molecule has 0 radical (unpaired) electrons. The molecule has 0 heterocycles. The van der Waals surface area contributed by atoms with E-state index in [0.717, 1.165) is 11.8 Å². The van der Waals surface area contributed by atoms with Gasteiger partial charge in [-0.15, -0.1) is 0 Å². The fourth-order valence-corrected chi connectivity index (χ4v) is 3.22. The van der Waals surface area contributed by atoms with Gasteiger partial charge in [0.1, 0.15) is 0 Å². The summed E-state index contributed by atoms with van der Waals surface area (Å²) in [6.45, 7) is 4.75. The van der Waals surface area contributed by atoms with Crippen LogP contribution in [0.4, 0.5) is 5.69 Å². The Kier molecular flexibility index (Phi) is 4.11. The van der Waals surface area contributed by atoms with E-state index in [0.29, 0.717) is 6.04 Å². The van der Waals surface area contributed by atoms with Crippen LogP contribution in [0, 0.1) is 15.4 Å². The third-order valence-corrected chi connectivity index (χ3v) is 4.28. The number of rotatable bonds is 2. The zero-order valence-electron chi connectivity index (χ0n) is 10.0. The van der Waals surface area contributed by atoms with Crippen molar-refractivity contribution in [3.8, 4) is 0 Å². The molecule has 1 aliphatic rings. The second-order valence-electron chi connectivity index (χ2n) is 5.16. The third kappa shape index (κ3) is 3.12. The van der Waals surface area contributed by atoms with Crippen molar-refractivity contribution in [2.24, 2.45) is 11.8 Å². The molecule has 0 bridgehead atoms. The fraction of sp³-hybridized carbons (Fsp3) is 0.571. The predicted molar refractivity (Wildman–Crippen MR) is 78.7 cm³/mol. The fourth-order valence-electron chi connectivity index (χ4n) is 2.67. The van der Waals surface area contributed by atoms with Crippen LogP contribution in [0.15, 0.2) is 24.3 Å². The summed E-state index contributed by atoms with van der Waals surface area (Å²) in [5.74, 6) is 1.70. The lowest BCUT2D eigenvalue weighted by Crippen LogP contribution is -2.32. The highest BCUT2D eigenvalue weighted by Crippen LogP contribution is 2.30. The Morgan fingerprint density at radius 1 is 1.25 bits per heavy atom. The number of halogens is 1. The maximum atomic E-state index is 3.69. The summed E-state index contributed by atoms with van der Waals surface area (Å²) < 4.78 is 1.31. The second-order valence-corrected chi connectivity index (χ2v) is 6.40. The molecule has 1 aromatic carbocycles. The summed E-state index contributed by atoms with van der Waals surface area (Å²) in [7, 11) is 0. The molecule has 1 fully saturated rings. The lowest BCUT2D eigenvalue weighted by atomic mass is 9.80. The summed E-state index contributed by atoms with van der Waals surface area (Å²) in [4.78, 5) is 0. The number of hydrogen-bond acceptors (Lipinski definition) is 1. The molecule has 0 aliphatic heterocycles. The lowest BCUT2D eigenvalue weighted by Gasteiger charge is -2.33. The molecule has 0 spiro atoms. The zero-order valence-corrected chi connectivity index (χ0v) is 12.2. The second kappa shape index (κ2) is 5.39. The quantitative estimate of drug-likeness (QED) is 0.786. The number of anilines is 1. The Morgan fingerprint density at radius 3 is 2.75 bits per heavy atom. The highest BCUT2D eigenvalue weighted by atomic mass is 127. The normalized spacial score (nSPS) is 30.1. The van der Waals surface area contributed by atoms with Crippen LogP contribution in [0.2, 0.25) is 0 Å². The Hall–Kier alpha value is -0.250. The smallest absolute Gasteiger partial charge is 0.0353 e. The van der Waals surface area contributed by atoms with Crippen molar-refractivity contribution < 1.29 is 0 Å². The predicted octanol–water partition coefficient (Wildman–Crippen LogP) is 4.53. The molecule has 2 heteroatoms. The molecule has 1 N–H and O–H groups in total. The van der Waals surface area contributed by atoms with Gasteiger partial charge >= 0.3 is 0 Å². The van der Waals surface area contributed by atoms with Crippen molar-refractivity contribution >= 4 is 28.3 Å². The summed E-state index contributed by atoms with van der Waals surface area (Å²) >= 11 is 2.37. The van der Waals surface area contributed by atoms with Crippen molar-refractivity contribution in [1.29, 1.82) is 0 Å². The summed E-state index contributed by atoms with van der Waals surface area (Å²) in [5, 5.41) is 3.69. The van der Waals surface area contributed by atoms with Crippen LogP contribution < -0.4 is 5.32 Å². The van der Waals surface area contributed by atoms with Crippen molar-refractivity contribution in [2.45, 2.75) is 39.2 Å². The maximum absolute atomic E-state index is 3.69. The van der Waals surface area contributed by atoms with Crippen molar-refractivity contribution in [3.05, 3.63) is 27.8 Å². The van der Waals surface area contributed by atoms with Gasteiger partial charge in [0.15, 0.2) is 0 Å². The van der Waals surface area contributed by atoms with Gasteiger partial charge in [-0.25, -0.2) is 0 Å².